The fourth-order valence-corrected chi connectivity index (χ4v) is 5.25. The van der Waals surface area contributed by atoms with E-state index in [2.05, 4.69) is 30.9 Å². The minimum absolute atomic E-state index is 0.246. The number of aryl methyl sites for hydroxylation is 1. The van der Waals surface area contributed by atoms with E-state index in [9.17, 15) is 5.11 Å². The van der Waals surface area contributed by atoms with Gasteiger partial charge in [-0.1, -0.05) is 6.07 Å². The maximum atomic E-state index is 10.1. The second kappa shape index (κ2) is 5.00. The van der Waals surface area contributed by atoms with Crippen LogP contribution in [0, 0.1) is 6.92 Å². The van der Waals surface area contributed by atoms with Crippen LogP contribution in [-0.2, 0) is 12.8 Å². The number of phenolic OH excluding ortho intramolecular Hbond substituents is 1. The van der Waals surface area contributed by atoms with Crippen molar-refractivity contribution in [2.75, 3.05) is 13.7 Å². The number of fused-ring (bicyclic) bond motifs is 4. The van der Waals surface area contributed by atoms with E-state index in [1.807, 2.05) is 11.3 Å². The number of hydrogen-bond donors (Lipinski definition) is 1. The third-order valence-corrected chi connectivity index (χ3v) is 6.25. The zero-order valence-corrected chi connectivity index (χ0v) is 14.0. The van der Waals surface area contributed by atoms with Crippen molar-refractivity contribution in [3.63, 3.8) is 0 Å². The van der Waals surface area contributed by atoms with Crippen LogP contribution in [0.5, 0.6) is 11.5 Å². The quantitative estimate of drug-likeness (QED) is 0.864. The first-order valence-corrected chi connectivity index (χ1v) is 8.65. The fourth-order valence-electron chi connectivity index (χ4n) is 4.17. The summed E-state index contributed by atoms with van der Waals surface area (Å²) in [6.45, 7) is 5.52. The Balaban J connectivity index is 1.84. The van der Waals surface area contributed by atoms with Gasteiger partial charge >= 0.3 is 0 Å². The molecule has 2 aromatic rings. The monoisotopic (exact) mass is 315 g/mol. The molecular formula is C18H21NO2S. The van der Waals surface area contributed by atoms with Crippen molar-refractivity contribution in [2.45, 2.75) is 38.8 Å². The summed E-state index contributed by atoms with van der Waals surface area (Å²) in [5.74, 6) is 0.895. The van der Waals surface area contributed by atoms with Crippen LogP contribution in [0.3, 0.4) is 0 Å². The molecule has 0 fully saturated rings. The van der Waals surface area contributed by atoms with Crippen LogP contribution in [0.4, 0.5) is 0 Å². The van der Waals surface area contributed by atoms with Crippen molar-refractivity contribution >= 4 is 11.3 Å². The Hall–Kier alpha value is -1.52. The molecule has 0 spiro atoms. The lowest BCUT2D eigenvalue weighted by Gasteiger charge is -2.45. The number of methoxy groups -OCH3 is 1. The molecule has 2 aliphatic rings. The first kappa shape index (κ1) is 14.1. The standard InChI is InChI=1S/C18H21NO2S/c1-10-8-13-14-9-12-4-5-15(20)18(21-3)17(12)11(2)19(14)7-6-16(13)22-10/h4-5,8,11,14,20H,6-7,9H2,1-3H3/t11?,14-/m0/s1. The smallest absolute Gasteiger partial charge is 0.165 e. The molecule has 3 heterocycles. The zero-order chi connectivity index (χ0) is 15.4. The lowest BCUT2D eigenvalue weighted by molar-refractivity contribution is 0.116. The second-order valence-corrected chi connectivity index (χ2v) is 7.65. The number of hydrogen-bond acceptors (Lipinski definition) is 4. The van der Waals surface area contributed by atoms with Crippen molar-refractivity contribution in [1.29, 1.82) is 0 Å². The lowest BCUT2D eigenvalue weighted by atomic mass is 9.83. The number of rotatable bonds is 1. The van der Waals surface area contributed by atoms with Crippen molar-refractivity contribution in [2.24, 2.45) is 0 Å². The molecule has 0 aliphatic carbocycles. The third kappa shape index (κ3) is 1.90. The lowest BCUT2D eigenvalue weighted by Crippen LogP contribution is -2.41. The molecule has 0 saturated carbocycles. The molecule has 0 amide bonds. The Morgan fingerprint density at radius 1 is 1.36 bits per heavy atom. The summed E-state index contributed by atoms with van der Waals surface area (Å²) in [6, 6.07) is 6.93. The molecule has 1 N–H and O–H groups in total. The van der Waals surface area contributed by atoms with E-state index < -0.39 is 0 Å². The SMILES string of the molecule is COc1c(O)ccc2c1C(C)N1CCc3sc(C)cc3[C@@H]1C2. The summed E-state index contributed by atoms with van der Waals surface area (Å²) in [7, 11) is 1.64. The van der Waals surface area contributed by atoms with Crippen LogP contribution in [0.1, 0.15) is 45.5 Å². The van der Waals surface area contributed by atoms with E-state index in [0.717, 1.165) is 24.9 Å². The van der Waals surface area contributed by atoms with Crippen LogP contribution in [0.15, 0.2) is 18.2 Å². The summed E-state index contributed by atoms with van der Waals surface area (Å²) in [5.41, 5.74) is 3.98. The minimum Gasteiger partial charge on any atom is -0.504 e. The van der Waals surface area contributed by atoms with Crippen molar-refractivity contribution in [3.8, 4) is 11.5 Å². The molecule has 2 atom stereocenters. The molecule has 4 heteroatoms. The normalized spacial score (nSPS) is 23.6. The average molecular weight is 315 g/mol. The molecule has 2 aliphatic heterocycles. The van der Waals surface area contributed by atoms with E-state index in [-0.39, 0.29) is 11.8 Å². The van der Waals surface area contributed by atoms with Gasteiger partial charge in [-0.15, -0.1) is 11.3 Å². The molecule has 1 unspecified atom stereocenters. The van der Waals surface area contributed by atoms with E-state index in [4.69, 9.17) is 4.74 Å². The Morgan fingerprint density at radius 2 is 2.18 bits per heavy atom. The van der Waals surface area contributed by atoms with Gasteiger partial charge < -0.3 is 9.84 Å². The van der Waals surface area contributed by atoms with Crippen molar-refractivity contribution < 1.29 is 9.84 Å². The zero-order valence-electron chi connectivity index (χ0n) is 13.2. The van der Waals surface area contributed by atoms with Crippen LogP contribution < -0.4 is 4.74 Å². The van der Waals surface area contributed by atoms with Gasteiger partial charge in [-0.3, -0.25) is 4.90 Å². The molecule has 0 radical (unpaired) electrons. The second-order valence-electron chi connectivity index (χ2n) is 6.31. The average Bonchev–Trinajstić information content (AvgIpc) is 2.88. The summed E-state index contributed by atoms with van der Waals surface area (Å²) in [4.78, 5) is 5.53. The molecule has 1 aromatic heterocycles. The van der Waals surface area contributed by atoms with Crippen molar-refractivity contribution in [1.82, 2.24) is 4.90 Å². The van der Waals surface area contributed by atoms with Gasteiger partial charge in [0.2, 0.25) is 0 Å². The maximum Gasteiger partial charge on any atom is 0.165 e. The van der Waals surface area contributed by atoms with Crippen LogP contribution in [0.25, 0.3) is 0 Å². The van der Waals surface area contributed by atoms with Gasteiger partial charge in [0.1, 0.15) is 0 Å². The number of aromatic hydroxyl groups is 1. The predicted molar refractivity (Wildman–Crippen MR) is 89.0 cm³/mol. The molecule has 0 saturated heterocycles. The molecular weight excluding hydrogens is 294 g/mol. The van der Waals surface area contributed by atoms with E-state index >= 15 is 0 Å². The molecule has 22 heavy (non-hydrogen) atoms. The van der Waals surface area contributed by atoms with Gasteiger partial charge in [0.05, 0.1) is 7.11 Å². The number of nitrogens with zero attached hydrogens (tertiary/aromatic N) is 1. The highest BCUT2D eigenvalue weighted by Gasteiger charge is 2.38. The minimum atomic E-state index is 0.246. The van der Waals surface area contributed by atoms with Gasteiger partial charge in [0, 0.05) is 33.9 Å². The largest absolute Gasteiger partial charge is 0.504 e. The van der Waals surface area contributed by atoms with Crippen LogP contribution in [-0.4, -0.2) is 23.7 Å². The summed E-state index contributed by atoms with van der Waals surface area (Å²) >= 11 is 1.95. The number of benzene rings is 1. The van der Waals surface area contributed by atoms with Crippen LogP contribution >= 0.6 is 11.3 Å². The number of phenols is 1. The summed E-state index contributed by atoms with van der Waals surface area (Å²) in [6.07, 6.45) is 2.13. The number of ether oxygens (including phenoxy) is 1. The van der Waals surface area contributed by atoms with E-state index in [0.29, 0.717) is 11.8 Å². The Bertz CT molecular complexity index is 737. The fraction of sp³-hybridized carbons (Fsp3) is 0.444. The highest BCUT2D eigenvalue weighted by Crippen LogP contribution is 2.49. The number of thiophene rings is 1. The Morgan fingerprint density at radius 3 is 2.95 bits per heavy atom. The first-order valence-electron chi connectivity index (χ1n) is 7.83. The highest BCUT2D eigenvalue weighted by molar-refractivity contribution is 7.12. The molecule has 4 rings (SSSR count). The Kier molecular flexibility index (Phi) is 3.20. The predicted octanol–water partition coefficient (Wildman–Crippen LogP) is 3.99. The van der Waals surface area contributed by atoms with Crippen molar-refractivity contribution in [3.05, 3.63) is 44.6 Å². The van der Waals surface area contributed by atoms with E-state index in [1.54, 1.807) is 18.1 Å². The topological polar surface area (TPSA) is 32.7 Å². The maximum absolute atomic E-state index is 10.1. The summed E-state index contributed by atoms with van der Waals surface area (Å²) in [5, 5.41) is 10.1. The Labute approximate surface area is 135 Å². The van der Waals surface area contributed by atoms with E-state index in [1.165, 1.54) is 16.0 Å². The molecule has 1 aromatic carbocycles. The summed E-state index contributed by atoms with van der Waals surface area (Å²) < 4.78 is 5.49. The molecule has 0 bridgehead atoms. The first-order chi connectivity index (χ1) is 10.6. The highest BCUT2D eigenvalue weighted by atomic mass is 32.1. The molecule has 116 valence electrons. The van der Waals surface area contributed by atoms with Gasteiger partial charge in [-0.25, -0.2) is 0 Å². The van der Waals surface area contributed by atoms with Crippen LogP contribution in [0.2, 0.25) is 0 Å². The third-order valence-electron chi connectivity index (χ3n) is 5.12. The van der Waals surface area contributed by atoms with Gasteiger partial charge in [-0.2, -0.15) is 0 Å². The van der Waals surface area contributed by atoms with Gasteiger partial charge in [-0.05, 0) is 49.9 Å². The van der Waals surface area contributed by atoms with Gasteiger partial charge in [0.15, 0.2) is 11.5 Å². The molecule has 3 nitrogen and oxygen atoms in total. The van der Waals surface area contributed by atoms with Gasteiger partial charge in [0.25, 0.3) is 0 Å².